The Morgan fingerprint density at radius 2 is 1.69 bits per heavy atom. The molecule has 0 bridgehead atoms. The zero-order valence-electron chi connectivity index (χ0n) is 16.5. The fourth-order valence-corrected chi connectivity index (χ4v) is 5.29. The van der Waals surface area contributed by atoms with Crippen molar-refractivity contribution in [3.63, 3.8) is 0 Å². The van der Waals surface area contributed by atoms with E-state index in [1.165, 1.54) is 32.9 Å². The van der Waals surface area contributed by atoms with Gasteiger partial charge in [-0.3, -0.25) is 4.84 Å². The monoisotopic (exact) mass is 430 g/mol. The largest absolute Gasteiger partial charge is 0.373 e. The van der Waals surface area contributed by atoms with Crippen LogP contribution in [0.5, 0.6) is 0 Å². The van der Waals surface area contributed by atoms with Crippen LogP contribution in [0.25, 0.3) is 0 Å². The van der Waals surface area contributed by atoms with Crippen LogP contribution in [0.3, 0.4) is 0 Å². The van der Waals surface area contributed by atoms with Crippen molar-refractivity contribution in [3.8, 4) is 0 Å². The van der Waals surface area contributed by atoms with Crippen LogP contribution in [0.15, 0.2) is 24.3 Å². The molecule has 11 heteroatoms. The highest BCUT2D eigenvalue weighted by Gasteiger charge is 2.37. The van der Waals surface area contributed by atoms with Crippen molar-refractivity contribution < 1.29 is 27.2 Å². The highest BCUT2D eigenvalue weighted by Crippen LogP contribution is 2.22. The van der Waals surface area contributed by atoms with E-state index in [1.54, 1.807) is 0 Å². The summed E-state index contributed by atoms with van der Waals surface area (Å²) in [5, 5.41) is 2.53. The van der Waals surface area contributed by atoms with Gasteiger partial charge in [0.15, 0.2) is 0 Å². The number of halogens is 1. The lowest BCUT2D eigenvalue weighted by atomic mass is 10.1. The van der Waals surface area contributed by atoms with Crippen molar-refractivity contribution in [2.45, 2.75) is 45.0 Å². The van der Waals surface area contributed by atoms with E-state index in [2.05, 4.69) is 10.8 Å². The quantitative estimate of drug-likeness (QED) is 0.693. The lowest BCUT2D eigenvalue weighted by Crippen LogP contribution is -2.55. The van der Waals surface area contributed by atoms with Gasteiger partial charge in [-0.1, -0.05) is 0 Å². The van der Waals surface area contributed by atoms with Crippen LogP contribution in [0.2, 0.25) is 0 Å². The van der Waals surface area contributed by atoms with E-state index in [-0.39, 0.29) is 18.3 Å². The number of nitrogens with one attached hydrogen (secondary N) is 2. The Labute approximate surface area is 170 Å². The van der Waals surface area contributed by atoms with E-state index in [1.807, 2.05) is 13.8 Å². The number of hydrogen-bond donors (Lipinski definition) is 2. The summed E-state index contributed by atoms with van der Waals surface area (Å²) in [6, 6.07) is 4.77. The number of ether oxygens (including phenoxy) is 1. The summed E-state index contributed by atoms with van der Waals surface area (Å²) in [5.74, 6) is -0.394. The maximum Gasteiger partial charge on any atom is 0.343 e. The molecule has 2 fully saturated rings. The molecule has 3 rings (SSSR count). The molecule has 0 radical (unpaired) electrons. The number of nitrogens with zero attached hydrogens (tertiary/aromatic N) is 2. The molecule has 29 heavy (non-hydrogen) atoms. The first-order chi connectivity index (χ1) is 13.7. The van der Waals surface area contributed by atoms with Gasteiger partial charge in [-0.25, -0.2) is 14.7 Å². The number of rotatable bonds is 5. The molecular weight excluding hydrogens is 403 g/mol. The zero-order valence-corrected chi connectivity index (χ0v) is 17.3. The van der Waals surface area contributed by atoms with Crippen LogP contribution in [0.1, 0.15) is 26.7 Å². The zero-order chi connectivity index (χ0) is 21.0. The number of amides is 2. The molecule has 2 N–H and O–H groups in total. The molecule has 2 heterocycles. The van der Waals surface area contributed by atoms with Gasteiger partial charge in [0.05, 0.1) is 18.3 Å². The molecule has 162 valence electrons. The average Bonchev–Trinajstić information content (AvgIpc) is 2.68. The molecule has 2 aliphatic heterocycles. The third kappa shape index (κ3) is 5.86. The SMILES string of the molecule is C[C@@H]1CN(S(=O)(=O)N2CCC(ONC(=O)Nc3ccc(F)cc3)CC2)C[C@H](C)O1. The Morgan fingerprint density at radius 1 is 1.10 bits per heavy atom. The summed E-state index contributed by atoms with van der Waals surface area (Å²) in [6.07, 6.45) is 0.358. The Balaban J connectivity index is 1.44. The van der Waals surface area contributed by atoms with Crippen molar-refractivity contribution in [1.82, 2.24) is 14.1 Å². The van der Waals surface area contributed by atoms with Gasteiger partial charge in [0, 0.05) is 31.9 Å². The van der Waals surface area contributed by atoms with E-state index in [0.29, 0.717) is 44.7 Å². The van der Waals surface area contributed by atoms with Gasteiger partial charge < -0.3 is 10.1 Å². The standard InChI is InChI=1S/C18H27FN4O5S/c1-13-11-23(12-14(2)27-13)29(25,26)22-9-7-17(8-10-22)28-21-18(24)20-16-5-3-15(19)4-6-16/h3-6,13-14,17H,7-12H2,1-2H3,(H2,20,21,24)/t13-,14+. The number of carbonyl (C=O) groups excluding carboxylic acids is 1. The second-order valence-corrected chi connectivity index (χ2v) is 9.29. The second-order valence-electron chi connectivity index (χ2n) is 7.36. The molecule has 1 aromatic carbocycles. The predicted molar refractivity (Wildman–Crippen MR) is 105 cm³/mol. The number of anilines is 1. The van der Waals surface area contributed by atoms with Crippen LogP contribution in [-0.4, -0.2) is 67.6 Å². The van der Waals surface area contributed by atoms with E-state index in [9.17, 15) is 17.6 Å². The van der Waals surface area contributed by atoms with Gasteiger partial charge in [0.25, 0.3) is 10.2 Å². The van der Waals surface area contributed by atoms with E-state index in [0.717, 1.165) is 0 Å². The Morgan fingerprint density at radius 3 is 2.28 bits per heavy atom. The third-order valence-electron chi connectivity index (χ3n) is 4.86. The first kappa shape index (κ1) is 21.9. The Hall–Kier alpha value is -1.79. The van der Waals surface area contributed by atoms with Gasteiger partial charge in [0.1, 0.15) is 5.82 Å². The van der Waals surface area contributed by atoms with E-state index in [4.69, 9.17) is 9.57 Å². The molecule has 2 saturated heterocycles. The maximum absolute atomic E-state index is 12.9. The summed E-state index contributed by atoms with van der Waals surface area (Å²) in [6.45, 7) is 5.03. The van der Waals surface area contributed by atoms with Gasteiger partial charge >= 0.3 is 6.03 Å². The lowest BCUT2D eigenvalue weighted by Gasteiger charge is -2.39. The summed E-state index contributed by atoms with van der Waals surface area (Å²) in [4.78, 5) is 17.3. The molecule has 9 nitrogen and oxygen atoms in total. The Bertz CT molecular complexity index is 789. The number of carbonyl (C=O) groups is 1. The topological polar surface area (TPSA) is 100 Å². The van der Waals surface area contributed by atoms with Crippen molar-refractivity contribution in [1.29, 1.82) is 0 Å². The fourth-order valence-electron chi connectivity index (χ4n) is 3.49. The molecule has 1 aromatic rings. The lowest BCUT2D eigenvalue weighted by molar-refractivity contribution is -0.0475. The number of benzene rings is 1. The van der Waals surface area contributed by atoms with Crippen LogP contribution in [-0.2, 0) is 19.8 Å². The number of hydroxylamine groups is 1. The minimum Gasteiger partial charge on any atom is -0.373 e. The molecule has 0 aromatic heterocycles. The minimum atomic E-state index is -3.55. The number of hydrogen-bond acceptors (Lipinski definition) is 5. The summed E-state index contributed by atoms with van der Waals surface area (Å²) >= 11 is 0. The van der Waals surface area contributed by atoms with Crippen LogP contribution in [0.4, 0.5) is 14.9 Å². The molecule has 0 saturated carbocycles. The van der Waals surface area contributed by atoms with Crippen molar-refractivity contribution in [3.05, 3.63) is 30.1 Å². The minimum absolute atomic E-state index is 0.141. The van der Waals surface area contributed by atoms with Crippen molar-refractivity contribution in [2.75, 3.05) is 31.5 Å². The highest BCUT2D eigenvalue weighted by molar-refractivity contribution is 7.86. The molecule has 2 atom stereocenters. The summed E-state index contributed by atoms with van der Waals surface area (Å²) in [5.41, 5.74) is 2.74. The number of morpholine rings is 1. The fraction of sp³-hybridized carbons (Fsp3) is 0.611. The van der Waals surface area contributed by atoms with Gasteiger partial charge in [-0.2, -0.15) is 17.0 Å². The smallest absolute Gasteiger partial charge is 0.343 e. The summed E-state index contributed by atoms with van der Waals surface area (Å²) in [7, 11) is -3.55. The molecule has 2 aliphatic rings. The average molecular weight is 431 g/mol. The van der Waals surface area contributed by atoms with E-state index >= 15 is 0 Å². The Kier molecular flexibility index (Phi) is 7.06. The molecular formula is C18H27FN4O5S. The van der Waals surface area contributed by atoms with E-state index < -0.39 is 22.1 Å². The maximum atomic E-state index is 12.9. The first-order valence-corrected chi connectivity index (χ1v) is 11.0. The van der Waals surface area contributed by atoms with Crippen molar-refractivity contribution in [2.24, 2.45) is 0 Å². The third-order valence-corrected chi connectivity index (χ3v) is 6.83. The second kappa shape index (κ2) is 9.35. The van der Waals surface area contributed by atoms with Gasteiger partial charge in [0.2, 0.25) is 0 Å². The van der Waals surface area contributed by atoms with Crippen LogP contribution in [0, 0.1) is 5.82 Å². The van der Waals surface area contributed by atoms with Gasteiger partial charge in [-0.15, -0.1) is 0 Å². The van der Waals surface area contributed by atoms with Crippen LogP contribution < -0.4 is 10.8 Å². The molecule has 0 spiro atoms. The highest BCUT2D eigenvalue weighted by atomic mass is 32.2. The molecule has 0 unspecified atom stereocenters. The first-order valence-electron chi connectivity index (χ1n) is 9.63. The van der Waals surface area contributed by atoms with Crippen molar-refractivity contribution >= 4 is 21.9 Å². The predicted octanol–water partition coefficient (Wildman–Crippen LogP) is 1.70. The normalized spacial score (nSPS) is 24.9. The molecule has 2 amide bonds. The van der Waals surface area contributed by atoms with Gasteiger partial charge in [-0.05, 0) is 51.0 Å². The number of piperidine rings is 1. The number of urea groups is 1. The molecule has 0 aliphatic carbocycles. The van der Waals surface area contributed by atoms with Crippen LogP contribution >= 0.6 is 0 Å². The summed E-state index contributed by atoms with van der Waals surface area (Å²) < 4.78 is 47.2.